The van der Waals surface area contributed by atoms with Gasteiger partial charge in [-0.05, 0) is 42.7 Å². The molecule has 1 atom stereocenters. The average Bonchev–Trinajstić information content (AvgIpc) is 2.83. The van der Waals surface area contributed by atoms with E-state index in [2.05, 4.69) is 12.2 Å². The van der Waals surface area contributed by atoms with Crippen molar-refractivity contribution >= 4 is 22.5 Å². The molecule has 1 aromatic heterocycles. The maximum absolute atomic E-state index is 13.9. The molecule has 0 saturated heterocycles. The molecule has 0 spiro atoms. The van der Waals surface area contributed by atoms with Crippen LogP contribution in [0.4, 0.5) is 5.82 Å². The van der Waals surface area contributed by atoms with Crippen molar-refractivity contribution in [1.29, 1.82) is 0 Å². The Morgan fingerprint density at radius 3 is 2.18 bits per heavy atom. The summed E-state index contributed by atoms with van der Waals surface area (Å²) < 4.78 is 1.64. The van der Waals surface area contributed by atoms with Crippen LogP contribution in [0.15, 0.2) is 83.7 Å². The second kappa shape index (κ2) is 9.33. The van der Waals surface area contributed by atoms with Crippen molar-refractivity contribution in [3.63, 3.8) is 0 Å². The number of nitrogens with zero attached hydrogens (tertiary/aromatic N) is 2. The summed E-state index contributed by atoms with van der Waals surface area (Å²) in [6, 6.07) is 24.9. The van der Waals surface area contributed by atoms with Gasteiger partial charge in [0, 0.05) is 24.9 Å². The molecule has 0 aliphatic rings. The number of aryl methyl sites for hydroxylation is 1. The first-order valence-corrected chi connectivity index (χ1v) is 11.2. The van der Waals surface area contributed by atoms with E-state index in [1.165, 1.54) is 0 Å². The molecule has 33 heavy (non-hydrogen) atoms. The number of rotatable bonds is 6. The van der Waals surface area contributed by atoms with Gasteiger partial charge in [0.1, 0.15) is 5.82 Å². The molecule has 0 radical (unpaired) electrons. The molecule has 168 valence electrons. The van der Waals surface area contributed by atoms with Gasteiger partial charge in [0.25, 0.3) is 11.5 Å². The Balaban J connectivity index is 2.00. The molecule has 1 heterocycles. The van der Waals surface area contributed by atoms with E-state index in [1.54, 1.807) is 10.6 Å². The number of benzene rings is 3. The summed E-state index contributed by atoms with van der Waals surface area (Å²) in [6.45, 7) is 4.00. The zero-order valence-electron chi connectivity index (χ0n) is 19.5. The Morgan fingerprint density at radius 2 is 1.58 bits per heavy atom. The quantitative estimate of drug-likeness (QED) is 0.447. The number of fused-ring (bicyclic) bond motifs is 1. The number of pyridine rings is 1. The van der Waals surface area contributed by atoms with Crippen LogP contribution in [0, 0.1) is 6.92 Å². The molecular formula is C28H29N3O2. The number of aromatic nitrogens is 1. The van der Waals surface area contributed by atoms with Crippen LogP contribution in [0.5, 0.6) is 0 Å². The summed E-state index contributed by atoms with van der Waals surface area (Å²) in [5.74, 6) is 0.367. The van der Waals surface area contributed by atoms with Gasteiger partial charge in [-0.3, -0.25) is 14.2 Å². The van der Waals surface area contributed by atoms with Crippen LogP contribution < -0.4 is 15.8 Å². The number of carbonyl (C=O) groups is 1. The van der Waals surface area contributed by atoms with E-state index in [-0.39, 0.29) is 17.5 Å². The monoisotopic (exact) mass is 439 g/mol. The van der Waals surface area contributed by atoms with Gasteiger partial charge in [-0.1, -0.05) is 67.6 Å². The highest BCUT2D eigenvalue weighted by Crippen LogP contribution is 2.31. The van der Waals surface area contributed by atoms with E-state index in [1.807, 2.05) is 98.7 Å². The van der Waals surface area contributed by atoms with Gasteiger partial charge in [0.15, 0.2) is 0 Å². The van der Waals surface area contributed by atoms with Crippen molar-refractivity contribution in [3.8, 4) is 5.69 Å². The van der Waals surface area contributed by atoms with E-state index in [0.717, 1.165) is 23.2 Å². The van der Waals surface area contributed by atoms with Gasteiger partial charge in [-0.2, -0.15) is 0 Å². The first kappa shape index (κ1) is 22.3. The first-order valence-electron chi connectivity index (χ1n) is 11.2. The summed E-state index contributed by atoms with van der Waals surface area (Å²) in [5.41, 5.74) is 3.03. The minimum Gasteiger partial charge on any atom is -0.363 e. The van der Waals surface area contributed by atoms with Crippen molar-refractivity contribution in [3.05, 3.63) is 106 Å². The smallest absolute Gasteiger partial charge is 0.264 e. The Kier molecular flexibility index (Phi) is 6.31. The number of hydrogen-bond acceptors (Lipinski definition) is 3. The fourth-order valence-corrected chi connectivity index (χ4v) is 4.41. The van der Waals surface area contributed by atoms with Gasteiger partial charge in [0.2, 0.25) is 0 Å². The van der Waals surface area contributed by atoms with Crippen molar-refractivity contribution in [2.45, 2.75) is 26.3 Å². The summed E-state index contributed by atoms with van der Waals surface area (Å²) in [4.78, 5) is 29.5. The van der Waals surface area contributed by atoms with Gasteiger partial charge in [-0.15, -0.1) is 0 Å². The highest BCUT2D eigenvalue weighted by molar-refractivity contribution is 6.12. The topological polar surface area (TPSA) is 54.3 Å². The maximum Gasteiger partial charge on any atom is 0.264 e. The number of hydrogen-bond donors (Lipinski definition) is 1. The van der Waals surface area contributed by atoms with E-state index in [0.29, 0.717) is 22.2 Å². The summed E-state index contributed by atoms with van der Waals surface area (Å²) >= 11 is 0. The summed E-state index contributed by atoms with van der Waals surface area (Å²) in [7, 11) is 3.73. The summed E-state index contributed by atoms with van der Waals surface area (Å²) in [6.07, 6.45) is 0.752. The summed E-state index contributed by atoms with van der Waals surface area (Å²) in [5, 5.41) is 4.45. The first-order chi connectivity index (χ1) is 15.9. The third-order valence-electron chi connectivity index (χ3n) is 5.97. The molecule has 0 aliphatic heterocycles. The van der Waals surface area contributed by atoms with Crippen LogP contribution in [0.2, 0.25) is 0 Å². The lowest BCUT2D eigenvalue weighted by molar-refractivity contribution is 0.0937. The number of para-hydroxylation sites is 1. The lowest BCUT2D eigenvalue weighted by atomic mass is 9.98. The van der Waals surface area contributed by atoms with Crippen molar-refractivity contribution in [1.82, 2.24) is 9.88 Å². The fourth-order valence-electron chi connectivity index (χ4n) is 4.41. The average molecular weight is 440 g/mol. The lowest BCUT2D eigenvalue weighted by Crippen LogP contribution is -2.34. The Labute approximate surface area is 194 Å². The van der Waals surface area contributed by atoms with Crippen molar-refractivity contribution < 1.29 is 4.79 Å². The Morgan fingerprint density at radius 1 is 0.939 bits per heavy atom. The van der Waals surface area contributed by atoms with Crippen molar-refractivity contribution in [2.24, 2.45) is 0 Å². The molecule has 0 unspecified atom stereocenters. The molecule has 0 fully saturated rings. The highest BCUT2D eigenvalue weighted by atomic mass is 16.2. The maximum atomic E-state index is 13.9. The lowest BCUT2D eigenvalue weighted by Gasteiger charge is -2.26. The zero-order valence-corrected chi connectivity index (χ0v) is 19.5. The molecule has 4 aromatic rings. The van der Waals surface area contributed by atoms with E-state index < -0.39 is 0 Å². The Hall–Kier alpha value is -3.86. The normalized spacial score (nSPS) is 11.9. The fraction of sp³-hybridized carbons (Fsp3) is 0.214. The number of carbonyl (C=O) groups excluding carboxylic acids is 1. The standard InChI is InChI=1S/C28H29N3O2/c1-5-23(20-14-8-6-9-15-20)29-26(32)25-24-19(2)13-12-18-22(24)28(33)31(27(25)30(3)4)21-16-10-7-11-17-21/h6-18,23H,5H2,1-4H3,(H,29,32)/t23-/m0/s1. The zero-order chi connectivity index (χ0) is 23.5. The highest BCUT2D eigenvalue weighted by Gasteiger charge is 2.26. The Bertz CT molecular complexity index is 1340. The van der Waals surface area contributed by atoms with Crippen LogP contribution in [0.25, 0.3) is 16.5 Å². The van der Waals surface area contributed by atoms with Crippen LogP contribution >= 0.6 is 0 Å². The molecule has 3 aromatic carbocycles. The van der Waals surface area contributed by atoms with Gasteiger partial charge in [0.05, 0.1) is 17.3 Å². The van der Waals surface area contributed by atoms with E-state index >= 15 is 0 Å². The minimum absolute atomic E-state index is 0.134. The molecule has 5 heteroatoms. The number of nitrogens with one attached hydrogen (secondary N) is 1. The number of anilines is 1. The third kappa shape index (κ3) is 4.14. The second-order valence-electron chi connectivity index (χ2n) is 8.41. The van der Waals surface area contributed by atoms with Crippen LogP contribution in [0.1, 0.15) is 40.9 Å². The largest absolute Gasteiger partial charge is 0.363 e. The molecule has 4 rings (SSSR count). The molecule has 0 aliphatic carbocycles. The van der Waals surface area contributed by atoms with Crippen LogP contribution in [-0.4, -0.2) is 24.6 Å². The predicted molar refractivity (Wildman–Crippen MR) is 136 cm³/mol. The van der Waals surface area contributed by atoms with Crippen molar-refractivity contribution in [2.75, 3.05) is 19.0 Å². The predicted octanol–water partition coefficient (Wildman–Crippen LogP) is 5.25. The van der Waals surface area contributed by atoms with Crippen LogP contribution in [-0.2, 0) is 0 Å². The molecule has 1 N–H and O–H groups in total. The SMILES string of the molecule is CC[C@H](NC(=O)c1c(N(C)C)n(-c2ccccc2)c(=O)c2cccc(C)c12)c1ccccc1. The number of amides is 1. The molecular weight excluding hydrogens is 410 g/mol. The molecule has 5 nitrogen and oxygen atoms in total. The molecule has 0 saturated carbocycles. The van der Waals surface area contributed by atoms with E-state index in [4.69, 9.17) is 0 Å². The second-order valence-corrected chi connectivity index (χ2v) is 8.41. The minimum atomic E-state index is -0.196. The third-order valence-corrected chi connectivity index (χ3v) is 5.97. The molecule has 1 amide bonds. The van der Waals surface area contributed by atoms with Gasteiger partial charge < -0.3 is 10.2 Å². The molecule has 0 bridgehead atoms. The van der Waals surface area contributed by atoms with Gasteiger partial charge >= 0.3 is 0 Å². The van der Waals surface area contributed by atoms with Crippen LogP contribution in [0.3, 0.4) is 0 Å². The van der Waals surface area contributed by atoms with Gasteiger partial charge in [-0.25, -0.2) is 0 Å². The van der Waals surface area contributed by atoms with E-state index in [9.17, 15) is 9.59 Å².